The van der Waals surface area contributed by atoms with Crippen LogP contribution in [0, 0.1) is 0 Å². The van der Waals surface area contributed by atoms with E-state index in [0.29, 0.717) is 19.6 Å². The lowest BCUT2D eigenvalue weighted by molar-refractivity contribution is -0.137. The van der Waals surface area contributed by atoms with Crippen molar-refractivity contribution in [3.8, 4) is 0 Å². The molecule has 1 aliphatic heterocycles. The normalized spacial score (nSPS) is 13.2. The highest BCUT2D eigenvalue weighted by atomic mass is 16.4. The van der Waals surface area contributed by atoms with Crippen LogP contribution in [0.15, 0.2) is 24.3 Å². The minimum Gasteiger partial charge on any atom is -0.480 e. The summed E-state index contributed by atoms with van der Waals surface area (Å²) >= 11 is 0. The first-order valence-corrected chi connectivity index (χ1v) is 6.44. The summed E-state index contributed by atoms with van der Waals surface area (Å²) in [5.41, 5.74) is 2.28. The molecule has 0 bridgehead atoms. The summed E-state index contributed by atoms with van der Waals surface area (Å²) < 4.78 is 0. The van der Waals surface area contributed by atoms with Crippen LogP contribution >= 0.6 is 0 Å². The fraction of sp³-hybridized carbons (Fsp3) is 0.429. The minimum absolute atomic E-state index is 0.194. The van der Waals surface area contributed by atoms with Crippen LogP contribution in [0.4, 0.5) is 4.79 Å². The highest BCUT2D eigenvalue weighted by molar-refractivity contribution is 5.80. The molecule has 1 aromatic carbocycles. The van der Waals surface area contributed by atoms with E-state index in [2.05, 4.69) is 0 Å². The lowest BCUT2D eigenvalue weighted by Gasteiger charge is -2.26. The summed E-state index contributed by atoms with van der Waals surface area (Å²) in [6, 6.07) is 7.72. The maximum atomic E-state index is 12.3. The molecule has 0 aliphatic carbocycles. The highest BCUT2D eigenvalue weighted by Gasteiger charge is 2.27. The van der Waals surface area contributed by atoms with Crippen LogP contribution in [0.25, 0.3) is 0 Å². The standard InChI is InChI=1S/C14H18N2O3/c1-2-7-15(10-13(17)18)14(19)16-8-11-5-3-4-6-12(11)9-16/h3-6H,2,7-10H2,1H3,(H,17,18). The van der Waals surface area contributed by atoms with Gasteiger partial charge in [0.15, 0.2) is 0 Å². The molecule has 5 heteroatoms. The van der Waals surface area contributed by atoms with Crippen LogP contribution in [-0.2, 0) is 17.9 Å². The Hall–Kier alpha value is -2.04. The number of carboxylic acid groups (broad SMARTS) is 1. The van der Waals surface area contributed by atoms with E-state index < -0.39 is 5.97 Å². The molecule has 5 nitrogen and oxygen atoms in total. The third kappa shape index (κ3) is 3.05. The summed E-state index contributed by atoms with van der Waals surface area (Å²) in [6.45, 7) is 3.29. The van der Waals surface area contributed by atoms with E-state index in [4.69, 9.17) is 5.11 Å². The van der Waals surface area contributed by atoms with E-state index in [-0.39, 0.29) is 12.6 Å². The minimum atomic E-state index is -0.974. The van der Waals surface area contributed by atoms with E-state index in [1.54, 1.807) is 4.90 Å². The largest absolute Gasteiger partial charge is 0.480 e. The molecule has 19 heavy (non-hydrogen) atoms. The Balaban J connectivity index is 2.06. The van der Waals surface area contributed by atoms with Gasteiger partial charge in [0, 0.05) is 19.6 Å². The number of carbonyl (C=O) groups is 2. The number of carboxylic acids is 1. The molecule has 102 valence electrons. The number of urea groups is 1. The first-order chi connectivity index (χ1) is 9.11. The number of rotatable bonds is 4. The number of aliphatic carboxylic acids is 1. The number of hydrogen-bond donors (Lipinski definition) is 1. The summed E-state index contributed by atoms with van der Waals surface area (Å²) in [4.78, 5) is 26.2. The van der Waals surface area contributed by atoms with Gasteiger partial charge >= 0.3 is 12.0 Å². The topological polar surface area (TPSA) is 60.9 Å². The molecule has 0 aromatic heterocycles. The van der Waals surface area contributed by atoms with Crippen molar-refractivity contribution in [1.29, 1.82) is 0 Å². The van der Waals surface area contributed by atoms with Crippen molar-refractivity contribution in [3.05, 3.63) is 35.4 Å². The first kappa shape index (κ1) is 13.4. The van der Waals surface area contributed by atoms with Gasteiger partial charge in [0.1, 0.15) is 6.54 Å². The fourth-order valence-corrected chi connectivity index (χ4v) is 2.34. The Morgan fingerprint density at radius 1 is 1.26 bits per heavy atom. The Bertz CT molecular complexity index is 462. The van der Waals surface area contributed by atoms with Crippen LogP contribution in [0.5, 0.6) is 0 Å². The van der Waals surface area contributed by atoms with Gasteiger partial charge in [-0.05, 0) is 17.5 Å². The van der Waals surface area contributed by atoms with Crippen LogP contribution in [0.2, 0.25) is 0 Å². The van der Waals surface area contributed by atoms with E-state index in [9.17, 15) is 9.59 Å². The zero-order chi connectivity index (χ0) is 13.8. The van der Waals surface area contributed by atoms with E-state index >= 15 is 0 Å². The number of hydrogen-bond acceptors (Lipinski definition) is 2. The quantitative estimate of drug-likeness (QED) is 0.901. The molecule has 1 N–H and O–H groups in total. The van der Waals surface area contributed by atoms with E-state index in [0.717, 1.165) is 17.5 Å². The van der Waals surface area contributed by atoms with E-state index in [1.807, 2.05) is 31.2 Å². The number of benzene rings is 1. The highest BCUT2D eigenvalue weighted by Crippen LogP contribution is 2.23. The molecular formula is C14H18N2O3. The SMILES string of the molecule is CCCN(CC(=O)O)C(=O)N1Cc2ccccc2C1. The molecule has 0 saturated heterocycles. The third-order valence-corrected chi connectivity index (χ3v) is 3.20. The number of nitrogens with zero attached hydrogens (tertiary/aromatic N) is 2. The second kappa shape index (κ2) is 5.73. The van der Waals surface area contributed by atoms with Gasteiger partial charge < -0.3 is 14.9 Å². The zero-order valence-corrected chi connectivity index (χ0v) is 11.0. The summed E-state index contributed by atoms with van der Waals surface area (Å²) in [5.74, 6) is -0.974. The average molecular weight is 262 g/mol. The average Bonchev–Trinajstić information content (AvgIpc) is 2.80. The van der Waals surface area contributed by atoms with Gasteiger partial charge in [-0.25, -0.2) is 4.79 Å². The van der Waals surface area contributed by atoms with Crippen LogP contribution in [-0.4, -0.2) is 40.0 Å². The molecule has 1 heterocycles. The van der Waals surface area contributed by atoms with Crippen molar-refractivity contribution in [1.82, 2.24) is 9.80 Å². The van der Waals surface area contributed by atoms with Gasteiger partial charge in [0.25, 0.3) is 0 Å². The molecule has 2 rings (SSSR count). The lowest BCUT2D eigenvalue weighted by atomic mass is 10.1. The molecule has 0 atom stereocenters. The summed E-state index contributed by atoms with van der Waals surface area (Å²) in [6.07, 6.45) is 0.750. The molecule has 1 aliphatic rings. The molecule has 0 fully saturated rings. The van der Waals surface area contributed by atoms with Crippen molar-refractivity contribution in [2.75, 3.05) is 13.1 Å². The summed E-state index contributed by atoms with van der Waals surface area (Å²) in [7, 11) is 0. The van der Waals surface area contributed by atoms with Crippen molar-refractivity contribution >= 4 is 12.0 Å². The van der Waals surface area contributed by atoms with Gasteiger partial charge in [0.05, 0.1) is 0 Å². The number of carbonyl (C=O) groups excluding carboxylic acids is 1. The van der Waals surface area contributed by atoms with Gasteiger partial charge in [-0.3, -0.25) is 4.79 Å². The van der Waals surface area contributed by atoms with Crippen LogP contribution < -0.4 is 0 Å². The maximum Gasteiger partial charge on any atom is 0.323 e. The Morgan fingerprint density at radius 2 is 1.84 bits per heavy atom. The van der Waals surface area contributed by atoms with Crippen LogP contribution in [0.3, 0.4) is 0 Å². The zero-order valence-electron chi connectivity index (χ0n) is 11.0. The second-order valence-corrected chi connectivity index (χ2v) is 4.72. The van der Waals surface area contributed by atoms with Crippen molar-refractivity contribution < 1.29 is 14.7 Å². The first-order valence-electron chi connectivity index (χ1n) is 6.44. The Morgan fingerprint density at radius 3 is 2.32 bits per heavy atom. The molecule has 0 radical (unpaired) electrons. The van der Waals surface area contributed by atoms with Crippen molar-refractivity contribution in [3.63, 3.8) is 0 Å². The monoisotopic (exact) mass is 262 g/mol. The van der Waals surface area contributed by atoms with Gasteiger partial charge in [-0.1, -0.05) is 31.2 Å². The van der Waals surface area contributed by atoms with Crippen molar-refractivity contribution in [2.24, 2.45) is 0 Å². The van der Waals surface area contributed by atoms with Crippen LogP contribution in [0.1, 0.15) is 24.5 Å². The molecule has 1 aromatic rings. The molecular weight excluding hydrogens is 244 g/mol. The van der Waals surface area contributed by atoms with Gasteiger partial charge in [0.2, 0.25) is 0 Å². The maximum absolute atomic E-state index is 12.3. The fourth-order valence-electron chi connectivity index (χ4n) is 2.34. The predicted octanol–water partition coefficient (Wildman–Crippen LogP) is 1.92. The van der Waals surface area contributed by atoms with Crippen molar-refractivity contribution in [2.45, 2.75) is 26.4 Å². The Labute approximate surface area is 112 Å². The molecule has 2 amide bonds. The molecule has 0 spiro atoms. The summed E-state index contributed by atoms with van der Waals surface area (Å²) in [5, 5.41) is 8.86. The predicted molar refractivity (Wildman–Crippen MR) is 70.6 cm³/mol. The number of amides is 2. The molecule has 0 saturated carbocycles. The number of fused-ring (bicyclic) bond motifs is 1. The molecule has 0 unspecified atom stereocenters. The van der Waals surface area contributed by atoms with Gasteiger partial charge in [-0.2, -0.15) is 0 Å². The Kier molecular flexibility index (Phi) is 4.04. The third-order valence-electron chi connectivity index (χ3n) is 3.20. The van der Waals surface area contributed by atoms with E-state index in [1.165, 1.54) is 4.90 Å². The smallest absolute Gasteiger partial charge is 0.323 e. The lowest BCUT2D eigenvalue weighted by Crippen LogP contribution is -2.43. The second-order valence-electron chi connectivity index (χ2n) is 4.72. The van der Waals surface area contributed by atoms with Gasteiger partial charge in [-0.15, -0.1) is 0 Å².